The summed E-state index contributed by atoms with van der Waals surface area (Å²) in [5.41, 5.74) is 1.79. The number of hydrazine groups is 1. The molecule has 0 radical (unpaired) electrons. The third-order valence-corrected chi connectivity index (χ3v) is 4.15. The van der Waals surface area contributed by atoms with E-state index in [2.05, 4.69) is 10.2 Å². The maximum atomic E-state index is 12.9. The van der Waals surface area contributed by atoms with E-state index >= 15 is 0 Å². The van der Waals surface area contributed by atoms with Crippen LogP contribution in [0.3, 0.4) is 0 Å². The molecule has 0 saturated carbocycles. The van der Waals surface area contributed by atoms with Gasteiger partial charge in [-0.3, -0.25) is 15.0 Å². The van der Waals surface area contributed by atoms with Crippen molar-refractivity contribution in [2.24, 2.45) is 0 Å². The van der Waals surface area contributed by atoms with Crippen LogP contribution in [-0.2, 0) is 0 Å². The number of halogens is 5. The minimum atomic E-state index is -4.84. The van der Waals surface area contributed by atoms with Crippen molar-refractivity contribution in [2.75, 3.05) is 0 Å². The molecule has 5 nitrogen and oxygen atoms in total. The van der Waals surface area contributed by atoms with Crippen LogP contribution in [0.5, 0.6) is 5.75 Å². The first kappa shape index (κ1) is 22.8. The lowest BCUT2D eigenvalue weighted by Gasteiger charge is -2.35. The number of amides is 2. The number of carbonyl (C=O) groups excluding carboxylic acids is 2. The summed E-state index contributed by atoms with van der Waals surface area (Å²) in [6.07, 6.45) is -4.84. The van der Waals surface area contributed by atoms with Crippen molar-refractivity contribution in [3.05, 3.63) is 63.6 Å². The van der Waals surface area contributed by atoms with Gasteiger partial charge in [0.2, 0.25) is 0 Å². The highest BCUT2D eigenvalue weighted by Gasteiger charge is 2.32. The maximum Gasteiger partial charge on any atom is 0.573 e. The molecule has 29 heavy (non-hydrogen) atoms. The van der Waals surface area contributed by atoms with Gasteiger partial charge in [-0.1, -0.05) is 23.2 Å². The molecule has 0 heterocycles. The summed E-state index contributed by atoms with van der Waals surface area (Å²) in [6, 6.07) is 8.62. The second-order valence-corrected chi connectivity index (χ2v) is 7.79. The molecule has 0 aliphatic rings. The molecule has 1 N–H and O–H groups in total. The first-order valence-corrected chi connectivity index (χ1v) is 9.00. The number of benzene rings is 2. The number of hydrogen-bond donors (Lipinski definition) is 1. The molecule has 2 aromatic carbocycles. The summed E-state index contributed by atoms with van der Waals surface area (Å²) in [7, 11) is 0. The summed E-state index contributed by atoms with van der Waals surface area (Å²) in [5, 5.41) is 1.55. The number of nitrogens with one attached hydrogen (secondary N) is 1. The molecular formula is C19H17Cl2F3N2O3. The average molecular weight is 449 g/mol. The van der Waals surface area contributed by atoms with Gasteiger partial charge in [0.25, 0.3) is 11.8 Å². The topological polar surface area (TPSA) is 58.6 Å². The lowest BCUT2D eigenvalue weighted by Crippen LogP contribution is -2.55. The van der Waals surface area contributed by atoms with E-state index in [0.29, 0.717) is 5.02 Å². The van der Waals surface area contributed by atoms with Gasteiger partial charge in [-0.25, -0.2) is 5.01 Å². The molecule has 0 saturated heterocycles. The second kappa shape index (κ2) is 8.51. The third kappa shape index (κ3) is 6.27. The number of alkyl halides is 3. The highest BCUT2D eigenvalue weighted by atomic mass is 35.5. The fourth-order valence-corrected chi connectivity index (χ4v) is 2.77. The van der Waals surface area contributed by atoms with Crippen LogP contribution < -0.4 is 10.2 Å². The molecule has 0 aliphatic carbocycles. The Morgan fingerprint density at radius 1 is 1.00 bits per heavy atom. The molecule has 2 rings (SSSR count). The lowest BCUT2D eigenvalue weighted by atomic mass is 10.1. The number of nitrogens with zero attached hydrogens (tertiary/aromatic N) is 1. The molecule has 0 fully saturated rings. The zero-order valence-corrected chi connectivity index (χ0v) is 17.1. The summed E-state index contributed by atoms with van der Waals surface area (Å²) in [6.45, 7) is 5.07. The van der Waals surface area contributed by atoms with Crippen LogP contribution in [0.1, 0.15) is 41.5 Å². The fourth-order valence-electron chi connectivity index (χ4n) is 2.28. The van der Waals surface area contributed by atoms with Gasteiger partial charge in [-0.15, -0.1) is 13.2 Å². The van der Waals surface area contributed by atoms with Gasteiger partial charge in [0, 0.05) is 10.6 Å². The Bertz CT molecular complexity index is 910. The van der Waals surface area contributed by atoms with Crippen LogP contribution in [0.4, 0.5) is 13.2 Å². The van der Waals surface area contributed by atoms with Crippen molar-refractivity contribution in [2.45, 2.75) is 32.7 Å². The van der Waals surface area contributed by atoms with Crippen LogP contribution in [0, 0.1) is 0 Å². The minimum Gasteiger partial charge on any atom is -0.406 e. The van der Waals surface area contributed by atoms with E-state index in [1.165, 1.54) is 18.2 Å². The van der Waals surface area contributed by atoms with Gasteiger partial charge in [-0.05, 0) is 63.2 Å². The Morgan fingerprint density at radius 3 is 2.07 bits per heavy atom. The maximum absolute atomic E-state index is 12.9. The van der Waals surface area contributed by atoms with Gasteiger partial charge >= 0.3 is 6.36 Å². The van der Waals surface area contributed by atoms with Crippen molar-refractivity contribution in [3.63, 3.8) is 0 Å². The molecule has 0 spiro atoms. The number of carbonyl (C=O) groups is 2. The number of rotatable bonds is 3. The van der Waals surface area contributed by atoms with E-state index < -0.39 is 29.5 Å². The summed E-state index contributed by atoms with van der Waals surface area (Å²) < 4.78 is 40.5. The standard InChI is InChI=1S/C19H17Cl2F3N2O3/c1-18(2,3)26(17(28)14-9-6-12(20)10-15(14)21)25-16(27)11-4-7-13(8-5-11)29-19(22,23)24/h4-10H,1-3H3,(H,25,27). The lowest BCUT2D eigenvalue weighted by molar-refractivity contribution is -0.274. The molecule has 0 unspecified atom stereocenters. The SMILES string of the molecule is CC(C)(C)N(NC(=O)c1ccc(OC(F)(F)F)cc1)C(=O)c1ccc(Cl)cc1Cl. The largest absolute Gasteiger partial charge is 0.573 e. The minimum absolute atomic E-state index is 0.0313. The number of ether oxygens (including phenoxy) is 1. The zero-order chi connectivity index (χ0) is 22.0. The fraction of sp³-hybridized carbons (Fsp3) is 0.263. The van der Waals surface area contributed by atoms with Crippen LogP contribution in [0.15, 0.2) is 42.5 Å². The van der Waals surface area contributed by atoms with Crippen molar-refractivity contribution in [1.82, 2.24) is 10.4 Å². The van der Waals surface area contributed by atoms with Gasteiger partial charge in [0.05, 0.1) is 16.1 Å². The Morgan fingerprint density at radius 2 is 1.59 bits per heavy atom. The Labute approximate surface area is 175 Å². The van der Waals surface area contributed by atoms with E-state index in [9.17, 15) is 22.8 Å². The van der Waals surface area contributed by atoms with Crippen molar-refractivity contribution >= 4 is 35.0 Å². The highest BCUT2D eigenvalue weighted by Crippen LogP contribution is 2.25. The first-order valence-electron chi connectivity index (χ1n) is 8.24. The second-order valence-electron chi connectivity index (χ2n) is 6.95. The number of hydrogen-bond acceptors (Lipinski definition) is 3. The van der Waals surface area contributed by atoms with E-state index in [1.807, 2.05) is 0 Å². The van der Waals surface area contributed by atoms with Crippen molar-refractivity contribution < 1.29 is 27.5 Å². The third-order valence-electron chi connectivity index (χ3n) is 3.60. The monoisotopic (exact) mass is 448 g/mol. The van der Waals surface area contributed by atoms with E-state index in [0.717, 1.165) is 29.3 Å². The summed E-state index contributed by atoms with van der Waals surface area (Å²) in [5.74, 6) is -1.74. The molecule has 156 valence electrons. The molecule has 0 aromatic heterocycles. The van der Waals surface area contributed by atoms with Gasteiger partial charge < -0.3 is 4.74 Å². The molecule has 2 aromatic rings. The van der Waals surface area contributed by atoms with Crippen LogP contribution in [0.2, 0.25) is 10.0 Å². The summed E-state index contributed by atoms with van der Waals surface area (Å²) >= 11 is 11.9. The molecule has 0 atom stereocenters. The molecular weight excluding hydrogens is 432 g/mol. The molecule has 10 heteroatoms. The predicted octanol–water partition coefficient (Wildman–Crippen LogP) is 5.48. The average Bonchev–Trinajstić information content (AvgIpc) is 2.57. The van der Waals surface area contributed by atoms with Crippen molar-refractivity contribution in [1.29, 1.82) is 0 Å². The van der Waals surface area contributed by atoms with Crippen LogP contribution in [0.25, 0.3) is 0 Å². The zero-order valence-electron chi connectivity index (χ0n) is 15.6. The smallest absolute Gasteiger partial charge is 0.406 e. The quantitative estimate of drug-likeness (QED) is 0.632. The van der Waals surface area contributed by atoms with E-state index in [-0.39, 0.29) is 16.1 Å². The Balaban J connectivity index is 2.24. The molecule has 2 amide bonds. The van der Waals surface area contributed by atoms with E-state index in [4.69, 9.17) is 23.2 Å². The molecule has 0 aliphatic heterocycles. The predicted molar refractivity (Wildman–Crippen MR) is 103 cm³/mol. The van der Waals surface area contributed by atoms with Crippen LogP contribution in [-0.4, -0.2) is 28.7 Å². The van der Waals surface area contributed by atoms with Crippen molar-refractivity contribution in [3.8, 4) is 5.75 Å². The first-order chi connectivity index (χ1) is 13.3. The van der Waals surface area contributed by atoms with E-state index in [1.54, 1.807) is 20.8 Å². The Kier molecular flexibility index (Phi) is 6.70. The summed E-state index contributed by atoms with van der Waals surface area (Å²) in [4.78, 5) is 25.5. The normalized spacial score (nSPS) is 11.7. The Hall–Kier alpha value is -2.45. The van der Waals surface area contributed by atoms with Crippen LogP contribution >= 0.6 is 23.2 Å². The van der Waals surface area contributed by atoms with Gasteiger partial charge in [0.15, 0.2) is 0 Å². The highest BCUT2D eigenvalue weighted by molar-refractivity contribution is 6.36. The molecule has 0 bridgehead atoms. The van der Waals surface area contributed by atoms with Gasteiger partial charge in [-0.2, -0.15) is 0 Å². The van der Waals surface area contributed by atoms with Gasteiger partial charge in [0.1, 0.15) is 5.75 Å².